The Kier molecular flexibility index (Phi) is 8.54. The second-order valence-electron chi connectivity index (χ2n) is 9.95. The van der Waals surface area contributed by atoms with Crippen LogP contribution in [0.15, 0.2) is 42.6 Å². The summed E-state index contributed by atoms with van der Waals surface area (Å²) in [6.45, 7) is 7.38. The average molecular weight is 569 g/mol. The van der Waals surface area contributed by atoms with E-state index in [4.69, 9.17) is 0 Å². The number of halogens is 6. The molecule has 1 aromatic carbocycles. The molecule has 40 heavy (non-hydrogen) atoms. The third-order valence-corrected chi connectivity index (χ3v) is 6.37. The van der Waals surface area contributed by atoms with Crippen molar-refractivity contribution in [2.24, 2.45) is 5.92 Å². The van der Waals surface area contributed by atoms with Crippen LogP contribution in [0.25, 0.3) is 0 Å². The van der Waals surface area contributed by atoms with Crippen molar-refractivity contribution in [1.29, 1.82) is 0 Å². The molecule has 1 aliphatic heterocycles. The Morgan fingerprint density at radius 1 is 0.925 bits per heavy atom. The first-order chi connectivity index (χ1) is 18.8. The maximum absolute atomic E-state index is 13.6. The predicted octanol–water partition coefficient (Wildman–Crippen LogP) is 6.22. The third kappa shape index (κ3) is 7.21. The first-order valence-electron chi connectivity index (χ1n) is 12.8. The minimum Gasteiger partial charge on any atom is -0.354 e. The fourth-order valence-corrected chi connectivity index (χ4v) is 4.29. The quantitative estimate of drug-likeness (QED) is 0.310. The number of aromatic nitrogens is 4. The summed E-state index contributed by atoms with van der Waals surface area (Å²) in [6, 6.07) is 6.47. The zero-order chi connectivity index (χ0) is 29.1. The molecule has 0 bridgehead atoms. The van der Waals surface area contributed by atoms with Gasteiger partial charge in [0.05, 0.1) is 11.1 Å². The van der Waals surface area contributed by atoms with Crippen molar-refractivity contribution in [3.63, 3.8) is 0 Å². The molecular weight excluding hydrogens is 538 g/mol. The normalized spacial score (nSPS) is 16.4. The molecule has 0 radical (unpaired) electrons. The van der Waals surface area contributed by atoms with Gasteiger partial charge in [-0.2, -0.15) is 41.3 Å². The highest BCUT2D eigenvalue weighted by molar-refractivity contribution is 5.57. The van der Waals surface area contributed by atoms with Crippen molar-refractivity contribution >= 4 is 29.4 Å². The van der Waals surface area contributed by atoms with E-state index < -0.39 is 23.5 Å². The molecule has 0 amide bonds. The van der Waals surface area contributed by atoms with Crippen LogP contribution in [-0.4, -0.2) is 52.2 Å². The monoisotopic (exact) mass is 568 g/mol. The lowest BCUT2D eigenvalue weighted by atomic mass is 10.1. The summed E-state index contributed by atoms with van der Waals surface area (Å²) in [4.78, 5) is 20.9. The van der Waals surface area contributed by atoms with E-state index in [1.54, 1.807) is 4.90 Å². The fourth-order valence-electron chi connectivity index (χ4n) is 4.29. The Bertz CT molecular complexity index is 1280. The van der Waals surface area contributed by atoms with Crippen LogP contribution in [0.1, 0.15) is 38.3 Å². The van der Waals surface area contributed by atoms with Gasteiger partial charge in [0.25, 0.3) is 0 Å². The van der Waals surface area contributed by atoms with Crippen molar-refractivity contribution in [3.05, 3.63) is 53.7 Å². The summed E-state index contributed by atoms with van der Waals surface area (Å²) in [5.74, 6) is 0.993. The van der Waals surface area contributed by atoms with E-state index in [0.717, 1.165) is 24.6 Å². The van der Waals surface area contributed by atoms with E-state index in [0.29, 0.717) is 30.6 Å². The SMILES string of the molecule is CC(C)CCNc1nc(Nc2ccc(C(F)(F)F)cc2)nc(N2CCN(c3ncccc3C(F)(F)F)C[C@@H]2C)n1. The Labute approximate surface area is 227 Å². The van der Waals surface area contributed by atoms with Gasteiger partial charge in [0, 0.05) is 44.1 Å². The van der Waals surface area contributed by atoms with Crippen LogP contribution in [0.5, 0.6) is 0 Å². The van der Waals surface area contributed by atoms with Gasteiger partial charge in [-0.25, -0.2) is 4.98 Å². The molecule has 1 saturated heterocycles. The largest absolute Gasteiger partial charge is 0.419 e. The highest BCUT2D eigenvalue weighted by Gasteiger charge is 2.37. The molecule has 3 heterocycles. The molecule has 0 spiro atoms. The lowest BCUT2D eigenvalue weighted by Gasteiger charge is -2.41. The maximum atomic E-state index is 13.6. The van der Waals surface area contributed by atoms with Crippen molar-refractivity contribution in [1.82, 2.24) is 19.9 Å². The van der Waals surface area contributed by atoms with Gasteiger partial charge in [0.2, 0.25) is 17.8 Å². The number of pyridine rings is 1. The molecule has 2 aromatic heterocycles. The zero-order valence-corrected chi connectivity index (χ0v) is 22.2. The molecule has 2 N–H and O–H groups in total. The topological polar surface area (TPSA) is 82.1 Å². The van der Waals surface area contributed by atoms with E-state index in [-0.39, 0.29) is 36.8 Å². The number of hydrogen-bond donors (Lipinski definition) is 2. The molecule has 1 aliphatic rings. The van der Waals surface area contributed by atoms with Crippen LogP contribution >= 0.6 is 0 Å². The summed E-state index contributed by atoms with van der Waals surface area (Å²) in [6.07, 6.45) is -6.81. The van der Waals surface area contributed by atoms with Gasteiger partial charge in [0.1, 0.15) is 5.82 Å². The highest BCUT2D eigenvalue weighted by Crippen LogP contribution is 2.36. The second-order valence-corrected chi connectivity index (χ2v) is 9.95. The number of rotatable bonds is 8. The number of nitrogens with one attached hydrogen (secondary N) is 2. The smallest absolute Gasteiger partial charge is 0.354 e. The maximum Gasteiger partial charge on any atom is 0.419 e. The number of benzene rings is 1. The lowest BCUT2D eigenvalue weighted by Crippen LogP contribution is -2.53. The number of anilines is 5. The molecule has 4 rings (SSSR count). The Morgan fingerprint density at radius 2 is 1.62 bits per heavy atom. The first-order valence-corrected chi connectivity index (χ1v) is 12.8. The highest BCUT2D eigenvalue weighted by atomic mass is 19.4. The van der Waals surface area contributed by atoms with Crippen molar-refractivity contribution in [2.75, 3.05) is 46.6 Å². The fraction of sp³-hybridized carbons (Fsp3) is 0.462. The van der Waals surface area contributed by atoms with Crippen molar-refractivity contribution in [2.45, 2.75) is 45.6 Å². The summed E-state index contributed by atoms with van der Waals surface area (Å²) >= 11 is 0. The van der Waals surface area contributed by atoms with E-state index in [9.17, 15) is 26.3 Å². The third-order valence-electron chi connectivity index (χ3n) is 6.37. The zero-order valence-electron chi connectivity index (χ0n) is 22.2. The predicted molar refractivity (Wildman–Crippen MR) is 141 cm³/mol. The van der Waals surface area contributed by atoms with Crippen molar-refractivity contribution < 1.29 is 26.3 Å². The first kappa shape index (κ1) is 29.2. The van der Waals surface area contributed by atoms with Crippen LogP contribution in [-0.2, 0) is 12.4 Å². The molecule has 14 heteroatoms. The van der Waals surface area contributed by atoms with Gasteiger partial charge in [-0.1, -0.05) is 13.8 Å². The molecule has 0 saturated carbocycles. The minimum absolute atomic E-state index is 0.121. The standard InChI is InChI=1S/C26H30F6N8/c1-16(2)10-12-34-22-36-23(35-19-8-6-18(7-9-19)25(27,28)29)38-24(37-22)40-14-13-39(15-17(40)3)21-20(26(30,31)32)5-4-11-33-21/h4-9,11,16-17H,10,12-15H2,1-3H3,(H2,34,35,36,37,38)/t17-/m0/s1. The Balaban J connectivity index is 1.57. The second kappa shape index (κ2) is 11.7. The van der Waals surface area contributed by atoms with E-state index >= 15 is 0 Å². The summed E-state index contributed by atoms with van der Waals surface area (Å²) in [7, 11) is 0. The lowest BCUT2D eigenvalue weighted by molar-refractivity contribution is -0.138. The molecule has 0 aliphatic carbocycles. The van der Waals surface area contributed by atoms with Crippen LogP contribution in [0.4, 0.5) is 55.7 Å². The van der Waals surface area contributed by atoms with Gasteiger partial charge in [-0.05, 0) is 55.7 Å². The molecule has 216 valence electrons. The van der Waals surface area contributed by atoms with E-state index in [1.165, 1.54) is 24.4 Å². The van der Waals surface area contributed by atoms with Gasteiger partial charge in [0.15, 0.2) is 0 Å². The van der Waals surface area contributed by atoms with Crippen molar-refractivity contribution in [3.8, 4) is 0 Å². The molecule has 0 unspecified atom stereocenters. The summed E-state index contributed by atoms with van der Waals surface area (Å²) in [5.41, 5.74) is -1.22. The molecule has 8 nitrogen and oxygen atoms in total. The van der Waals surface area contributed by atoms with Crippen LogP contribution in [0.2, 0.25) is 0 Å². The van der Waals surface area contributed by atoms with E-state index in [2.05, 4.69) is 44.4 Å². The summed E-state index contributed by atoms with van der Waals surface area (Å²) < 4.78 is 79.6. The van der Waals surface area contributed by atoms with Gasteiger partial charge >= 0.3 is 12.4 Å². The molecule has 1 fully saturated rings. The molecule has 3 aromatic rings. The van der Waals surface area contributed by atoms with Gasteiger partial charge in [-0.3, -0.25) is 0 Å². The summed E-state index contributed by atoms with van der Waals surface area (Å²) in [5, 5.41) is 6.09. The number of hydrogen-bond acceptors (Lipinski definition) is 8. The molecule has 1 atom stereocenters. The number of nitrogens with zero attached hydrogens (tertiary/aromatic N) is 6. The minimum atomic E-state index is -4.53. The number of piperazine rings is 1. The van der Waals surface area contributed by atoms with Gasteiger partial charge < -0.3 is 20.4 Å². The van der Waals surface area contributed by atoms with Crippen LogP contribution < -0.4 is 20.4 Å². The number of alkyl halides is 6. The van der Waals surface area contributed by atoms with Crippen LogP contribution in [0.3, 0.4) is 0 Å². The van der Waals surface area contributed by atoms with E-state index in [1.807, 2.05) is 11.8 Å². The van der Waals surface area contributed by atoms with Gasteiger partial charge in [-0.15, -0.1) is 0 Å². The Morgan fingerprint density at radius 3 is 2.25 bits per heavy atom. The Hall–Kier alpha value is -3.84. The average Bonchev–Trinajstić information content (AvgIpc) is 2.87. The van der Waals surface area contributed by atoms with Crippen LogP contribution in [0, 0.1) is 5.92 Å². The molecular formula is C26H30F6N8.